The van der Waals surface area contributed by atoms with Crippen LogP contribution in [0.5, 0.6) is 5.88 Å². The van der Waals surface area contributed by atoms with Gasteiger partial charge in [0.2, 0.25) is 11.8 Å². The van der Waals surface area contributed by atoms with Gasteiger partial charge < -0.3 is 15.4 Å². The fourth-order valence-corrected chi connectivity index (χ4v) is 2.40. The standard InChI is InChI=1S/C19H25N3O2/c1-19(2,3)14-7-9-15(10-8-14)22-18(23)17(20-4)13-6-11-16(24-5)21-12-13/h6-12,17,20H,1-5H3,(H,22,23)/t17-/m1/s1. The topological polar surface area (TPSA) is 63.2 Å². The SMILES string of the molecule is CN[C@@H](C(=O)Nc1ccc(C(C)(C)C)cc1)c1ccc(OC)nc1. The molecule has 0 aliphatic rings. The van der Waals surface area contributed by atoms with Crippen LogP contribution in [0.25, 0.3) is 0 Å². The zero-order chi connectivity index (χ0) is 17.7. The molecule has 128 valence electrons. The summed E-state index contributed by atoms with van der Waals surface area (Å²) in [6.45, 7) is 6.48. The molecule has 0 saturated carbocycles. The number of hydrogen-bond donors (Lipinski definition) is 2. The summed E-state index contributed by atoms with van der Waals surface area (Å²) in [6.07, 6.45) is 1.64. The fourth-order valence-electron chi connectivity index (χ4n) is 2.40. The maximum Gasteiger partial charge on any atom is 0.246 e. The van der Waals surface area contributed by atoms with Crippen molar-refractivity contribution in [3.8, 4) is 5.88 Å². The molecule has 0 spiro atoms. The second kappa shape index (κ2) is 7.45. The third-order valence-electron chi connectivity index (χ3n) is 3.87. The summed E-state index contributed by atoms with van der Waals surface area (Å²) in [5, 5.41) is 5.96. The van der Waals surface area contributed by atoms with Crippen molar-refractivity contribution in [2.45, 2.75) is 32.2 Å². The van der Waals surface area contributed by atoms with Gasteiger partial charge in [0, 0.05) is 18.0 Å². The normalized spacial score (nSPS) is 12.5. The lowest BCUT2D eigenvalue weighted by Gasteiger charge is -2.20. The van der Waals surface area contributed by atoms with E-state index in [0.29, 0.717) is 5.88 Å². The molecule has 5 nitrogen and oxygen atoms in total. The highest BCUT2D eigenvalue weighted by Gasteiger charge is 2.20. The molecule has 5 heteroatoms. The van der Waals surface area contributed by atoms with Crippen LogP contribution in [-0.4, -0.2) is 25.0 Å². The van der Waals surface area contributed by atoms with Gasteiger partial charge in [-0.25, -0.2) is 4.98 Å². The van der Waals surface area contributed by atoms with Crippen LogP contribution in [0.2, 0.25) is 0 Å². The molecule has 1 aromatic heterocycles. The van der Waals surface area contributed by atoms with Crippen molar-refractivity contribution in [2.75, 3.05) is 19.5 Å². The Bertz CT molecular complexity index is 673. The predicted molar refractivity (Wildman–Crippen MR) is 96.4 cm³/mol. The molecule has 0 radical (unpaired) electrons. The highest BCUT2D eigenvalue weighted by atomic mass is 16.5. The average Bonchev–Trinajstić information content (AvgIpc) is 2.56. The minimum absolute atomic E-state index is 0.0881. The van der Waals surface area contributed by atoms with E-state index in [1.165, 1.54) is 5.56 Å². The number of anilines is 1. The lowest BCUT2D eigenvalue weighted by Crippen LogP contribution is -2.30. The summed E-state index contributed by atoms with van der Waals surface area (Å²) < 4.78 is 5.05. The zero-order valence-electron chi connectivity index (χ0n) is 14.9. The van der Waals surface area contributed by atoms with Gasteiger partial charge in [-0.1, -0.05) is 39.0 Å². The smallest absolute Gasteiger partial charge is 0.246 e. The molecule has 0 bridgehead atoms. The molecule has 2 aromatic rings. The van der Waals surface area contributed by atoms with Crippen LogP contribution in [0.4, 0.5) is 5.69 Å². The van der Waals surface area contributed by atoms with Gasteiger partial charge in [0.1, 0.15) is 6.04 Å². The second-order valence-corrected chi connectivity index (χ2v) is 6.67. The number of rotatable bonds is 5. The van der Waals surface area contributed by atoms with Gasteiger partial charge in [-0.3, -0.25) is 4.79 Å². The van der Waals surface area contributed by atoms with Crippen molar-refractivity contribution in [3.63, 3.8) is 0 Å². The molecule has 0 unspecified atom stereocenters. The van der Waals surface area contributed by atoms with Crippen molar-refractivity contribution in [2.24, 2.45) is 0 Å². The van der Waals surface area contributed by atoms with E-state index >= 15 is 0 Å². The van der Waals surface area contributed by atoms with E-state index in [1.807, 2.05) is 30.3 Å². The molecule has 1 heterocycles. The molecule has 0 aliphatic carbocycles. The van der Waals surface area contributed by atoms with E-state index in [1.54, 1.807) is 26.4 Å². The number of benzene rings is 1. The largest absolute Gasteiger partial charge is 0.481 e. The van der Waals surface area contributed by atoms with Crippen LogP contribution >= 0.6 is 0 Å². The first kappa shape index (κ1) is 17.9. The molecule has 2 rings (SSSR count). The first-order valence-electron chi connectivity index (χ1n) is 7.94. The van der Waals surface area contributed by atoms with Gasteiger partial charge >= 0.3 is 0 Å². The van der Waals surface area contributed by atoms with E-state index < -0.39 is 6.04 Å². The Morgan fingerprint density at radius 2 is 1.79 bits per heavy atom. The highest BCUT2D eigenvalue weighted by Crippen LogP contribution is 2.24. The van der Waals surface area contributed by atoms with Crippen molar-refractivity contribution in [1.29, 1.82) is 0 Å². The first-order valence-corrected chi connectivity index (χ1v) is 7.94. The first-order chi connectivity index (χ1) is 11.3. The van der Waals surface area contributed by atoms with Crippen LogP contribution in [0.3, 0.4) is 0 Å². The van der Waals surface area contributed by atoms with Crippen molar-refractivity contribution in [3.05, 3.63) is 53.7 Å². The van der Waals surface area contributed by atoms with E-state index in [-0.39, 0.29) is 11.3 Å². The molecule has 0 saturated heterocycles. The summed E-state index contributed by atoms with van der Waals surface area (Å²) in [5.41, 5.74) is 2.87. The van der Waals surface area contributed by atoms with Gasteiger partial charge in [0.25, 0.3) is 0 Å². The number of pyridine rings is 1. The van der Waals surface area contributed by atoms with Gasteiger partial charge in [-0.2, -0.15) is 0 Å². The molecule has 2 N–H and O–H groups in total. The van der Waals surface area contributed by atoms with E-state index in [9.17, 15) is 4.79 Å². The average molecular weight is 327 g/mol. The number of ether oxygens (including phenoxy) is 1. The Hall–Kier alpha value is -2.40. The second-order valence-electron chi connectivity index (χ2n) is 6.67. The third kappa shape index (κ3) is 4.32. The molecule has 1 amide bonds. The number of methoxy groups -OCH3 is 1. The Morgan fingerprint density at radius 1 is 1.12 bits per heavy atom. The van der Waals surface area contributed by atoms with E-state index in [2.05, 4.69) is 36.4 Å². The van der Waals surface area contributed by atoms with Gasteiger partial charge in [0.05, 0.1) is 7.11 Å². The molecule has 0 fully saturated rings. The molecule has 1 aromatic carbocycles. The predicted octanol–water partition coefficient (Wildman–Crippen LogP) is 3.29. The number of likely N-dealkylation sites (N-methyl/N-ethyl adjacent to an activating group) is 1. The van der Waals surface area contributed by atoms with Crippen LogP contribution in [0, 0.1) is 0 Å². The molecular formula is C19H25N3O2. The van der Waals surface area contributed by atoms with Gasteiger partial charge in [-0.15, -0.1) is 0 Å². The lowest BCUT2D eigenvalue weighted by molar-refractivity contribution is -0.118. The quantitative estimate of drug-likeness (QED) is 0.884. The Labute approximate surface area is 143 Å². The number of aromatic nitrogens is 1. The summed E-state index contributed by atoms with van der Waals surface area (Å²) in [5.74, 6) is 0.389. The summed E-state index contributed by atoms with van der Waals surface area (Å²) in [6, 6.07) is 11.0. The van der Waals surface area contributed by atoms with Crippen molar-refractivity contribution >= 4 is 11.6 Å². The van der Waals surface area contributed by atoms with Crippen molar-refractivity contribution < 1.29 is 9.53 Å². The van der Waals surface area contributed by atoms with Crippen LogP contribution in [0.1, 0.15) is 37.9 Å². The Morgan fingerprint density at radius 3 is 2.25 bits per heavy atom. The lowest BCUT2D eigenvalue weighted by atomic mass is 9.87. The van der Waals surface area contributed by atoms with Gasteiger partial charge in [-0.05, 0) is 35.7 Å². The van der Waals surface area contributed by atoms with E-state index in [0.717, 1.165) is 11.3 Å². The highest BCUT2D eigenvalue weighted by molar-refractivity contribution is 5.95. The number of amides is 1. The van der Waals surface area contributed by atoms with Crippen LogP contribution in [-0.2, 0) is 10.2 Å². The van der Waals surface area contributed by atoms with E-state index in [4.69, 9.17) is 4.74 Å². The Balaban J connectivity index is 2.11. The number of carbonyl (C=O) groups is 1. The summed E-state index contributed by atoms with van der Waals surface area (Å²) in [4.78, 5) is 16.7. The summed E-state index contributed by atoms with van der Waals surface area (Å²) in [7, 11) is 3.31. The number of nitrogens with one attached hydrogen (secondary N) is 2. The third-order valence-corrected chi connectivity index (χ3v) is 3.87. The number of nitrogens with zero attached hydrogens (tertiary/aromatic N) is 1. The fraction of sp³-hybridized carbons (Fsp3) is 0.368. The number of carbonyl (C=O) groups excluding carboxylic acids is 1. The maximum atomic E-state index is 12.5. The molecular weight excluding hydrogens is 302 g/mol. The van der Waals surface area contributed by atoms with Gasteiger partial charge in [0.15, 0.2) is 0 Å². The van der Waals surface area contributed by atoms with Crippen molar-refractivity contribution in [1.82, 2.24) is 10.3 Å². The minimum Gasteiger partial charge on any atom is -0.481 e. The Kier molecular flexibility index (Phi) is 5.57. The summed E-state index contributed by atoms with van der Waals surface area (Å²) >= 11 is 0. The molecule has 0 aliphatic heterocycles. The van der Waals surface area contributed by atoms with Crippen LogP contribution in [0.15, 0.2) is 42.6 Å². The number of hydrogen-bond acceptors (Lipinski definition) is 4. The monoisotopic (exact) mass is 327 g/mol. The molecule has 24 heavy (non-hydrogen) atoms. The van der Waals surface area contributed by atoms with Crippen LogP contribution < -0.4 is 15.4 Å². The zero-order valence-corrected chi connectivity index (χ0v) is 14.9. The maximum absolute atomic E-state index is 12.5. The molecule has 1 atom stereocenters. The minimum atomic E-state index is -0.481.